The maximum atomic E-state index is 11.9. The standard InChI is InChI=1S/C19H24O8S/c1-4-19(3,28(24,25)26)10-12(7-15(22)11(2)20)17-6-5-14-16(23)8-13(21)9-18(14)27-17/h7-10,17,20-23H,2,4-6H2,1,3H3,(H,24,25,26)/b12-10+,15-7+/t17-,19?/m0/s1. The van der Waals surface area contributed by atoms with Crippen molar-refractivity contribution in [2.24, 2.45) is 0 Å². The molecule has 0 amide bonds. The van der Waals surface area contributed by atoms with E-state index in [1.165, 1.54) is 25.1 Å². The van der Waals surface area contributed by atoms with Crippen LogP contribution in [0.1, 0.15) is 32.3 Å². The normalized spacial score (nSPS) is 20.0. The Morgan fingerprint density at radius 3 is 2.54 bits per heavy atom. The topological polar surface area (TPSA) is 145 Å². The van der Waals surface area contributed by atoms with Crippen LogP contribution in [0.2, 0.25) is 0 Å². The van der Waals surface area contributed by atoms with Crippen molar-refractivity contribution in [3.63, 3.8) is 0 Å². The number of phenolic OH excluding ortho intramolecular Hbond substituents is 2. The number of aliphatic hydroxyl groups is 2. The maximum absolute atomic E-state index is 11.9. The highest BCUT2D eigenvalue weighted by Gasteiger charge is 2.36. The molecule has 1 heterocycles. The predicted molar refractivity (Wildman–Crippen MR) is 103 cm³/mol. The second-order valence-corrected chi connectivity index (χ2v) is 8.73. The highest BCUT2D eigenvalue weighted by atomic mass is 32.2. The van der Waals surface area contributed by atoms with Gasteiger partial charge < -0.3 is 25.2 Å². The van der Waals surface area contributed by atoms with E-state index in [4.69, 9.17) is 4.74 Å². The molecule has 2 rings (SSSR count). The Hall–Kier alpha value is -2.65. The minimum absolute atomic E-state index is 0.0366. The van der Waals surface area contributed by atoms with Gasteiger partial charge in [0.15, 0.2) is 5.76 Å². The lowest BCUT2D eigenvalue weighted by molar-refractivity contribution is 0.205. The van der Waals surface area contributed by atoms with E-state index >= 15 is 0 Å². The van der Waals surface area contributed by atoms with Crippen LogP contribution < -0.4 is 4.74 Å². The van der Waals surface area contributed by atoms with Crippen molar-refractivity contribution < 1.29 is 38.1 Å². The molecule has 0 radical (unpaired) electrons. The summed E-state index contributed by atoms with van der Waals surface area (Å²) in [5.74, 6) is -1.34. The van der Waals surface area contributed by atoms with Gasteiger partial charge in [0.1, 0.15) is 33.9 Å². The van der Waals surface area contributed by atoms with Crippen molar-refractivity contribution >= 4 is 10.1 Å². The van der Waals surface area contributed by atoms with E-state index in [-0.39, 0.29) is 29.2 Å². The van der Waals surface area contributed by atoms with Crippen LogP contribution in [-0.4, -0.2) is 44.2 Å². The second-order valence-electron chi connectivity index (χ2n) is 6.85. The SMILES string of the molecule is C=C(O)/C(O)=C\C(=C/C(C)(CC)S(=O)(=O)O)[C@@H]1CCc2c(O)cc(O)cc2O1. The third-order valence-electron chi connectivity index (χ3n) is 4.83. The number of rotatable bonds is 6. The zero-order chi connectivity index (χ0) is 21.3. The van der Waals surface area contributed by atoms with E-state index in [0.29, 0.717) is 18.4 Å². The summed E-state index contributed by atoms with van der Waals surface area (Å²) >= 11 is 0. The van der Waals surface area contributed by atoms with Crippen molar-refractivity contribution in [3.05, 3.63) is 53.5 Å². The first-order chi connectivity index (χ1) is 12.9. The first-order valence-electron chi connectivity index (χ1n) is 8.58. The van der Waals surface area contributed by atoms with Gasteiger partial charge in [0.2, 0.25) is 0 Å². The van der Waals surface area contributed by atoms with Gasteiger partial charge in [-0.25, -0.2) is 0 Å². The number of benzene rings is 1. The Morgan fingerprint density at radius 2 is 2.00 bits per heavy atom. The molecule has 0 fully saturated rings. The van der Waals surface area contributed by atoms with Crippen LogP contribution >= 0.6 is 0 Å². The van der Waals surface area contributed by atoms with Crippen molar-refractivity contribution in [2.75, 3.05) is 0 Å². The molecule has 28 heavy (non-hydrogen) atoms. The first-order valence-corrected chi connectivity index (χ1v) is 10.0. The average Bonchev–Trinajstić information content (AvgIpc) is 2.59. The quantitative estimate of drug-likeness (QED) is 0.272. The molecule has 0 saturated heterocycles. The van der Waals surface area contributed by atoms with Crippen LogP contribution in [0.15, 0.2) is 48.0 Å². The molecule has 0 aromatic heterocycles. The summed E-state index contributed by atoms with van der Waals surface area (Å²) in [6.07, 6.45) is 2.29. The fourth-order valence-corrected chi connectivity index (χ4v) is 3.53. The van der Waals surface area contributed by atoms with Gasteiger partial charge in [-0.2, -0.15) is 8.42 Å². The van der Waals surface area contributed by atoms with Gasteiger partial charge in [0.05, 0.1) is 0 Å². The summed E-state index contributed by atoms with van der Waals surface area (Å²) < 4.78 is 37.5. The molecule has 154 valence electrons. The molecule has 1 aromatic rings. The van der Waals surface area contributed by atoms with Crippen molar-refractivity contribution in [1.29, 1.82) is 0 Å². The zero-order valence-electron chi connectivity index (χ0n) is 15.6. The number of aliphatic hydroxyl groups excluding tert-OH is 2. The third-order valence-corrected chi connectivity index (χ3v) is 6.42. The summed E-state index contributed by atoms with van der Waals surface area (Å²) in [6.45, 7) is 6.10. The Labute approximate surface area is 163 Å². The molecule has 0 bridgehead atoms. The highest BCUT2D eigenvalue weighted by molar-refractivity contribution is 7.87. The predicted octanol–water partition coefficient (Wildman–Crippen LogP) is 3.29. The van der Waals surface area contributed by atoms with Crippen LogP contribution in [0, 0.1) is 0 Å². The van der Waals surface area contributed by atoms with Crippen LogP contribution in [-0.2, 0) is 16.5 Å². The highest BCUT2D eigenvalue weighted by Crippen LogP contribution is 2.40. The Balaban J connectivity index is 2.56. The lowest BCUT2D eigenvalue weighted by Crippen LogP contribution is -2.34. The molecule has 1 aromatic carbocycles. The number of hydrogen-bond acceptors (Lipinski definition) is 7. The van der Waals surface area contributed by atoms with Gasteiger partial charge in [-0.1, -0.05) is 19.6 Å². The first kappa shape index (κ1) is 21.6. The number of fused-ring (bicyclic) bond motifs is 1. The molecule has 2 atom stereocenters. The molecule has 0 saturated carbocycles. The van der Waals surface area contributed by atoms with Crippen LogP contribution in [0.3, 0.4) is 0 Å². The number of phenols is 2. The minimum Gasteiger partial charge on any atom is -0.508 e. The van der Waals surface area contributed by atoms with E-state index in [0.717, 1.165) is 6.08 Å². The second kappa shape index (κ2) is 7.76. The summed E-state index contributed by atoms with van der Waals surface area (Å²) in [4.78, 5) is 0. The van der Waals surface area contributed by atoms with E-state index < -0.39 is 32.5 Å². The Kier molecular flexibility index (Phi) is 6.00. The molecule has 5 N–H and O–H groups in total. The molecule has 1 unspecified atom stereocenters. The lowest BCUT2D eigenvalue weighted by atomic mass is 9.93. The number of ether oxygens (including phenoxy) is 1. The molecule has 1 aliphatic heterocycles. The van der Waals surface area contributed by atoms with Crippen LogP contribution in [0.25, 0.3) is 0 Å². The van der Waals surface area contributed by atoms with Crippen molar-refractivity contribution in [2.45, 2.75) is 44.0 Å². The third kappa shape index (κ3) is 4.42. The average molecular weight is 412 g/mol. The number of aromatic hydroxyl groups is 2. The Bertz CT molecular complexity index is 945. The van der Waals surface area contributed by atoms with E-state index in [9.17, 15) is 33.4 Å². The smallest absolute Gasteiger partial charge is 0.274 e. The summed E-state index contributed by atoms with van der Waals surface area (Å²) in [5.41, 5.74) is 0.671. The van der Waals surface area contributed by atoms with Gasteiger partial charge >= 0.3 is 0 Å². The Morgan fingerprint density at radius 1 is 1.36 bits per heavy atom. The zero-order valence-corrected chi connectivity index (χ0v) is 16.4. The molecule has 9 heteroatoms. The molecular weight excluding hydrogens is 388 g/mol. The minimum atomic E-state index is -4.49. The maximum Gasteiger partial charge on any atom is 0.274 e. The molecule has 0 aliphatic carbocycles. The van der Waals surface area contributed by atoms with E-state index in [1.807, 2.05) is 0 Å². The summed E-state index contributed by atoms with van der Waals surface area (Å²) in [7, 11) is -4.49. The molecule has 0 spiro atoms. The van der Waals surface area contributed by atoms with Gasteiger partial charge in [0.25, 0.3) is 10.1 Å². The van der Waals surface area contributed by atoms with Gasteiger partial charge in [-0.05, 0) is 37.8 Å². The fourth-order valence-electron chi connectivity index (χ4n) is 2.88. The van der Waals surface area contributed by atoms with Crippen molar-refractivity contribution in [1.82, 2.24) is 0 Å². The molecular formula is C19H24O8S. The molecule has 8 nitrogen and oxygen atoms in total. The van der Waals surface area contributed by atoms with Gasteiger partial charge in [0, 0.05) is 17.7 Å². The van der Waals surface area contributed by atoms with Crippen molar-refractivity contribution in [3.8, 4) is 17.2 Å². The van der Waals surface area contributed by atoms with Crippen LogP contribution in [0.5, 0.6) is 17.2 Å². The summed E-state index contributed by atoms with van der Waals surface area (Å²) in [6, 6.07) is 2.50. The van der Waals surface area contributed by atoms with Crippen LogP contribution in [0.4, 0.5) is 0 Å². The van der Waals surface area contributed by atoms with Gasteiger partial charge in [-0.15, -0.1) is 0 Å². The lowest BCUT2D eigenvalue weighted by Gasteiger charge is -2.30. The monoisotopic (exact) mass is 412 g/mol. The van der Waals surface area contributed by atoms with E-state index in [1.54, 1.807) is 6.92 Å². The molecule has 1 aliphatic rings. The summed E-state index contributed by atoms with van der Waals surface area (Å²) in [5, 5.41) is 38.9. The largest absolute Gasteiger partial charge is 0.508 e. The van der Waals surface area contributed by atoms with Gasteiger partial charge in [-0.3, -0.25) is 4.55 Å². The number of hydrogen-bond donors (Lipinski definition) is 5. The fraction of sp³-hybridized carbons (Fsp3) is 0.368. The van der Waals surface area contributed by atoms with E-state index in [2.05, 4.69) is 6.58 Å².